The topological polar surface area (TPSA) is 108 Å². The number of carbonyl (C=O) groups is 3. The van der Waals surface area contributed by atoms with Crippen molar-refractivity contribution in [3.63, 3.8) is 0 Å². The van der Waals surface area contributed by atoms with E-state index in [1.165, 1.54) is 0 Å². The molecule has 2 aromatic rings. The Morgan fingerprint density at radius 1 is 1.08 bits per heavy atom. The number of ether oxygens (including phenoxy) is 1. The van der Waals surface area contributed by atoms with E-state index in [1.54, 1.807) is 4.90 Å². The molecular formula is C30H37N3O5. The van der Waals surface area contributed by atoms with Crippen LogP contribution in [0, 0.1) is 25.7 Å². The predicted octanol–water partition coefficient (Wildman–Crippen LogP) is 3.10. The van der Waals surface area contributed by atoms with E-state index < -0.39 is 23.5 Å². The normalized spacial score (nSPS) is 27.4. The molecule has 2 unspecified atom stereocenters. The number of hydrogen-bond acceptors (Lipinski definition) is 5. The second kappa shape index (κ2) is 10.9. The molecule has 3 saturated heterocycles. The van der Waals surface area contributed by atoms with E-state index in [9.17, 15) is 19.5 Å². The second-order valence-electron chi connectivity index (χ2n) is 10.9. The van der Waals surface area contributed by atoms with Gasteiger partial charge in [0.05, 0.1) is 17.9 Å². The van der Waals surface area contributed by atoms with Crippen LogP contribution in [0.5, 0.6) is 0 Å². The van der Waals surface area contributed by atoms with Crippen molar-refractivity contribution in [2.45, 2.75) is 70.2 Å². The van der Waals surface area contributed by atoms with Gasteiger partial charge in [0.2, 0.25) is 17.7 Å². The van der Waals surface area contributed by atoms with E-state index in [2.05, 4.69) is 10.6 Å². The molecule has 8 heteroatoms. The summed E-state index contributed by atoms with van der Waals surface area (Å²) in [4.78, 5) is 43.0. The monoisotopic (exact) mass is 519 g/mol. The molecule has 5 atom stereocenters. The van der Waals surface area contributed by atoms with Crippen LogP contribution in [0.1, 0.15) is 48.8 Å². The van der Waals surface area contributed by atoms with Crippen molar-refractivity contribution >= 4 is 23.4 Å². The summed E-state index contributed by atoms with van der Waals surface area (Å²) in [6.45, 7) is 4.75. The summed E-state index contributed by atoms with van der Waals surface area (Å²) in [5.41, 5.74) is 2.64. The third kappa shape index (κ3) is 4.71. The van der Waals surface area contributed by atoms with Crippen LogP contribution in [0.3, 0.4) is 0 Å². The molecule has 3 aliphatic heterocycles. The molecule has 2 aromatic carbocycles. The summed E-state index contributed by atoms with van der Waals surface area (Å²) in [5, 5.41) is 15.3. The van der Waals surface area contributed by atoms with Gasteiger partial charge in [-0.3, -0.25) is 14.4 Å². The Bertz CT molecular complexity index is 1200. The molecule has 0 aliphatic carbocycles. The Kier molecular flexibility index (Phi) is 7.54. The predicted molar refractivity (Wildman–Crippen MR) is 143 cm³/mol. The standard InChI is InChI=1S/C30H37N3O5/c1-19-11-12-20(2)22(17-19)32-28(36)26-30-14-13-23(38-30)24(27(35)31-18-21-9-5-3-6-10-21)25(30)29(37)33(26)15-7-4-8-16-34/h3,5-6,9-12,17,23-26,34H,4,7-8,13-16,18H2,1-2H3,(H,31,35)(H,32,36)/t23-,24+,25-,26?,30?/m0/s1. The SMILES string of the molecule is Cc1ccc(C)c(NC(=O)C2N(CCCCCO)C(=O)[C@@H]3[C@H](C(=O)NCc4ccccc4)[C@@H]4CCC23O4)c1. The van der Waals surface area contributed by atoms with Crippen molar-refractivity contribution in [2.75, 3.05) is 18.5 Å². The van der Waals surface area contributed by atoms with E-state index in [4.69, 9.17) is 4.74 Å². The van der Waals surface area contributed by atoms with Crippen molar-refractivity contribution in [2.24, 2.45) is 11.8 Å². The average molecular weight is 520 g/mol. The summed E-state index contributed by atoms with van der Waals surface area (Å²) in [7, 11) is 0. The first kappa shape index (κ1) is 26.4. The van der Waals surface area contributed by atoms with E-state index >= 15 is 0 Å². The molecule has 0 radical (unpaired) electrons. The molecule has 3 fully saturated rings. The van der Waals surface area contributed by atoms with Crippen LogP contribution in [-0.2, 0) is 25.7 Å². The minimum atomic E-state index is -1.02. The highest BCUT2D eigenvalue weighted by Crippen LogP contribution is 2.58. The number of fused-ring (bicyclic) bond motifs is 1. The maximum Gasteiger partial charge on any atom is 0.250 e. The van der Waals surface area contributed by atoms with E-state index in [0.717, 1.165) is 23.1 Å². The number of hydrogen-bond donors (Lipinski definition) is 3. The van der Waals surface area contributed by atoms with Crippen molar-refractivity contribution in [3.8, 4) is 0 Å². The largest absolute Gasteiger partial charge is 0.396 e. The fourth-order valence-corrected chi connectivity index (χ4v) is 6.54. The van der Waals surface area contributed by atoms with Crippen molar-refractivity contribution in [1.29, 1.82) is 0 Å². The van der Waals surface area contributed by atoms with Gasteiger partial charge in [0.15, 0.2) is 0 Å². The molecule has 0 saturated carbocycles. The number of unbranched alkanes of at least 4 members (excludes halogenated alkanes) is 2. The number of anilines is 1. The number of nitrogens with zero attached hydrogens (tertiary/aromatic N) is 1. The van der Waals surface area contributed by atoms with Gasteiger partial charge in [-0.25, -0.2) is 0 Å². The second-order valence-corrected chi connectivity index (χ2v) is 10.9. The molecular weight excluding hydrogens is 482 g/mol. The Balaban J connectivity index is 1.41. The average Bonchev–Trinajstić information content (AvgIpc) is 3.55. The van der Waals surface area contributed by atoms with Crippen LogP contribution in [0.4, 0.5) is 5.69 Å². The highest BCUT2D eigenvalue weighted by atomic mass is 16.5. The number of aliphatic hydroxyl groups is 1. The first-order valence-electron chi connectivity index (χ1n) is 13.6. The van der Waals surface area contributed by atoms with Crippen molar-refractivity contribution < 1.29 is 24.2 Å². The maximum atomic E-state index is 13.9. The number of aliphatic hydroxyl groups excluding tert-OH is 1. The first-order valence-corrected chi connectivity index (χ1v) is 13.6. The van der Waals surface area contributed by atoms with Gasteiger partial charge in [-0.1, -0.05) is 42.5 Å². The zero-order chi connectivity index (χ0) is 26.9. The van der Waals surface area contributed by atoms with E-state index in [1.807, 2.05) is 62.4 Å². The number of amides is 3. The first-order chi connectivity index (χ1) is 18.4. The lowest BCUT2D eigenvalue weighted by Crippen LogP contribution is -2.53. The van der Waals surface area contributed by atoms with Gasteiger partial charge in [-0.05, 0) is 68.7 Å². The molecule has 8 nitrogen and oxygen atoms in total. The van der Waals surface area contributed by atoms with Crippen LogP contribution in [-0.4, -0.2) is 58.6 Å². The highest BCUT2D eigenvalue weighted by molar-refractivity contribution is 6.03. The summed E-state index contributed by atoms with van der Waals surface area (Å²) in [6.07, 6.45) is 2.86. The fourth-order valence-electron chi connectivity index (χ4n) is 6.54. The third-order valence-corrected chi connectivity index (χ3v) is 8.37. The molecule has 1 spiro atoms. The molecule has 2 bridgehead atoms. The Morgan fingerprint density at radius 3 is 2.63 bits per heavy atom. The van der Waals surface area contributed by atoms with Crippen LogP contribution < -0.4 is 10.6 Å². The smallest absolute Gasteiger partial charge is 0.250 e. The number of aryl methyl sites for hydroxylation is 2. The van der Waals surface area contributed by atoms with Gasteiger partial charge >= 0.3 is 0 Å². The van der Waals surface area contributed by atoms with Crippen molar-refractivity contribution in [3.05, 3.63) is 65.2 Å². The molecule has 202 valence electrons. The Morgan fingerprint density at radius 2 is 1.87 bits per heavy atom. The molecule has 38 heavy (non-hydrogen) atoms. The molecule has 3 aliphatic rings. The van der Waals surface area contributed by atoms with E-state index in [-0.39, 0.29) is 30.4 Å². The van der Waals surface area contributed by atoms with Crippen LogP contribution >= 0.6 is 0 Å². The number of carbonyl (C=O) groups excluding carboxylic acids is 3. The van der Waals surface area contributed by atoms with Gasteiger partial charge in [0, 0.05) is 25.4 Å². The fraction of sp³-hybridized carbons (Fsp3) is 0.500. The van der Waals surface area contributed by atoms with Gasteiger partial charge in [0.25, 0.3) is 0 Å². The van der Waals surface area contributed by atoms with Crippen LogP contribution in [0.2, 0.25) is 0 Å². The van der Waals surface area contributed by atoms with Crippen LogP contribution in [0.15, 0.2) is 48.5 Å². The lowest BCUT2D eigenvalue weighted by atomic mass is 9.70. The summed E-state index contributed by atoms with van der Waals surface area (Å²) in [5.74, 6) is -1.97. The third-order valence-electron chi connectivity index (χ3n) is 8.37. The quantitative estimate of drug-likeness (QED) is 0.418. The number of likely N-dealkylation sites (tertiary alicyclic amines) is 1. The minimum absolute atomic E-state index is 0.0888. The molecule has 3 N–H and O–H groups in total. The minimum Gasteiger partial charge on any atom is -0.396 e. The Labute approximate surface area is 223 Å². The maximum absolute atomic E-state index is 13.9. The number of rotatable bonds is 10. The van der Waals surface area contributed by atoms with E-state index in [0.29, 0.717) is 44.5 Å². The molecule has 3 amide bonds. The molecule has 5 rings (SSSR count). The van der Waals surface area contributed by atoms with Crippen LogP contribution in [0.25, 0.3) is 0 Å². The zero-order valence-electron chi connectivity index (χ0n) is 22.1. The Hall–Kier alpha value is -3.23. The van der Waals surface area contributed by atoms with Gasteiger partial charge in [0.1, 0.15) is 11.6 Å². The van der Waals surface area contributed by atoms with Gasteiger partial charge in [-0.15, -0.1) is 0 Å². The van der Waals surface area contributed by atoms with Crippen molar-refractivity contribution in [1.82, 2.24) is 10.2 Å². The zero-order valence-corrected chi connectivity index (χ0v) is 22.1. The van der Waals surface area contributed by atoms with Gasteiger partial charge < -0.3 is 25.4 Å². The lowest BCUT2D eigenvalue weighted by Gasteiger charge is -2.33. The lowest BCUT2D eigenvalue weighted by molar-refractivity contribution is -0.141. The summed E-state index contributed by atoms with van der Waals surface area (Å²) >= 11 is 0. The number of benzene rings is 2. The number of nitrogens with one attached hydrogen (secondary N) is 2. The molecule has 0 aromatic heterocycles. The highest BCUT2D eigenvalue weighted by Gasteiger charge is 2.74. The summed E-state index contributed by atoms with van der Waals surface area (Å²) < 4.78 is 6.50. The summed E-state index contributed by atoms with van der Waals surface area (Å²) in [6, 6.07) is 14.7. The van der Waals surface area contributed by atoms with Gasteiger partial charge in [-0.2, -0.15) is 0 Å². The molecule has 3 heterocycles.